The molecule has 0 aliphatic carbocycles. The summed E-state index contributed by atoms with van der Waals surface area (Å²) in [4.78, 5) is 17.3. The Labute approximate surface area is 125 Å². The molecule has 0 fully saturated rings. The van der Waals surface area contributed by atoms with E-state index < -0.39 is 0 Å². The van der Waals surface area contributed by atoms with Gasteiger partial charge in [-0.3, -0.25) is 19.9 Å². The summed E-state index contributed by atoms with van der Waals surface area (Å²) < 4.78 is 0. The highest BCUT2D eigenvalue weighted by atomic mass is 14.9. The molecule has 0 saturated carbocycles. The lowest BCUT2D eigenvalue weighted by Crippen LogP contribution is -1.95. The lowest BCUT2D eigenvalue weighted by Gasteiger charge is -2.05. The number of pyridine rings is 2. The Hall–Kier alpha value is -2.62. The van der Waals surface area contributed by atoms with Gasteiger partial charge in [0.05, 0.1) is 11.4 Å². The molecule has 3 rings (SSSR count). The van der Waals surface area contributed by atoms with E-state index in [1.807, 2.05) is 36.4 Å². The maximum absolute atomic E-state index is 4.36. The van der Waals surface area contributed by atoms with Gasteiger partial charge in [-0.25, -0.2) is 0 Å². The van der Waals surface area contributed by atoms with Crippen molar-refractivity contribution in [1.29, 1.82) is 0 Å². The molecule has 0 radical (unpaired) electrons. The van der Waals surface area contributed by atoms with Crippen LogP contribution in [0.5, 0.6) is 0 Å². The first-order chi connectivity index (χ1) is 10.4. The van der Waals surface area contributed by atoms with Crippen molar-refractivity contribution in [1.82, 2.24) is 19.9 Å². The van der Waals surface area contributed by atoms with Gasteiger partial charge in [0.15, 0.2) is 0 Å². The first-order valence-electron chi connectivity index (χ1n) is 7.00. The fourth-order valence-corrected chi connectivity index (χ4v) is 1.72. The molecule has 0 aliphatic rings. The minimum atomic E-state index is 0.747. The van der Waals surface area contributed by atoms with Gasteiger partial charge in [0.25, 0.3) is 0 Å². The molecule has 21 heavy (non-hydrogen) atoms. The maximum Gasteiger partial charge on any atom is 0.116 e. The van der Waals surface area contributed by atoms with E-state index in [4.69, 9.17) is 0 Å². The van der Waals surface area contributed by atoms with Gasteiger partial charge in [-0.05, 0) is 24.3 Å². The summed E-state index contributed by atoms with van der Waals surface area (Å²) in [6.45, 7) is 4.25. The van der Waals surface area contributed by atoms with Crippen LogP contribution in [0.25, 0.3) is 22.8 Å². The zero-order valence-corrected chi connectivity index (χ0v) is 12.3. The normalized spacial score (nSPS) is 9.62. The summed E-state index contributed by atoms with van der Waals surface area (Å²) in [5.41, 5.74) is 3.09. The molecule has 0 aromatic carbocycles. The zero-order valence-electron chi connectivity index (χ0n) is 12.3. The van der Waals surface area contributed by atoms with Crippen LogP contribution in [-0.2, 0) is 0 Å². The van der Waals surface area contributed by atoms with Crippen molar-refractivity contribution in [3.63, 3.8) is 0 Å². The van der Waals surface area contributed by atoms with Crippen LogP contribution in [0.15, 0.2) is 61.2 Å². The predicted octanol–water partition coefficient (Wildman–Crippen LogP) is 4.02. The van der Waals surface area contributed by atoms with Crippen LogP contribution in [0.4, 0.5) is 0 Å². The Morgan fingerprint density at radius 3 is 1.38 bits per heavy atom. The molecule has 0 atom stereocenters. The summed E-state index contributed by atoms with van der Waals surface area (Å²) >= 11 is 0. The second-order valence-electron chi connectivity index (χ2n) is 4.39. The summed E-state index contributed by atoms with van der Waals surface area (Å²) in [6.07, 6.45) is 8.06. The molecular weight excluding hydrogens is 260 g/mol. The van der Waals surface area contributed by atoms with E-state index >= 15 is 0 Å². The largest absolute Gasteiger partial charge is 0.255 e. The second kappa shape index (κ2) is 7.85. The SMILES string of the molecule is CCC.c1ccc(-c2nccnc2-c2ccccn2)nc1. The van der Waals surface area contributed by atoms with Gasteiger partial charge in [0.1, 0.15) is 11.4 Å². The van der Waals surface area contributed by atoms with E-state index in [2.05, 4.69) is 33.8 Å². The highest BCUT2D eigenvalue weighted by Gasteiger charge is 2.11. The number of hydrogen-bond donors (Lipinski definition) is 0. The summed E-state index contributed by atoms with van der Waals surface area (Å²) in [5, 5.41) is 0. The monoisotopic (exact) mass is 278 g/mol. The minimum Gasteiger partial charge on any atom is -0.255 e. The quantitative estimate of drug-likeness (QED) is 0.710. The average molecular weight is 278 g/mol. The van der Waals surface area contributed by atoms with Crippen LogP contribution in [0.3, 0.4) is 0 Å². The van der Waals surface area contributed by atoms with Gasteiger partial charge >= 0.3 is 0 Å². The molecule has 106 valence electrons. The van der Waals surface area contributed by atoms with Crippen molar-refractivity contribution in [2.45, 2.75) is 20.3 Å². The molecular formula is C17H18N4. The van der Waals surface area contributed by atoms with Crippen molar-refractivity contribution in [3.8, 4) is 22.8 Å². The first-order valence-corrected chi connectivity index (χ1v) is 7.00. The zero-order chi connectivity index (χ0) is 14.9. The van der Waals surface area contributed by atoms with Gasteiger partial charge in [-0.1, -0.05) is 32.4 Å². The van der Waals surface area contributed by atoms with Crippen molar-refractivity contribution in [2.75, 3.05) is 0 Å². The minimum absolute atomic E-state index is 0.747. The average Bonchev–Trinajstić information content (AvgIpc) is 2.57. The molecule has 0 unspecified atom stereocenters. The van der Waals surface area contributed by atoms with E-state index in [1.54, 1.807) is 24.8 Å². The van der Waals surface area contributed by atoms with Gasteiger partial charge in [-0.2, -0.15) is 0 Å². The van der Waals surface area contributed by atoms with Crippen LogP contribution in [0.2, 0.25) is 0 Å². The molecule has 4 nitrogen and oxygen atoms in total. The second-order valence-corrected chi connectivity index (χ2v) is 4.39. The lowest BCUT2D eigenvalue weighted by molar-refractivity contribution is 1.09. The van der Waals surface area contributed by atoms with Gasteiger partial charge in [0, 0.05) is 24.8 Å². The molecule has 0 saturated heterocycles. The van der Waals surface area contributed by atoms with Crippen LogP contribution in [0.1, 0.15) is 20.3 Å². The smallest absolute Gasteiger partial charge is 0.116 e. The Bertz CT molecular complexity index is 595. The van der Waals surface area contributed by atoms with Gasteiger partial charge in [0.2, 0.25) is 0 Å². The summed E-state index contributed by atoms with van der Waals surface area (Å²) in [7, 11) is 0. The molecule has 4 heteroatoms. The number of rotatable bonds is 2. The highest BCUT2D eigenvalue weighted by molar-refractivity contribution is 5.73. The standard InChI is InChI=1S/C14H10N4.C3H8/c1-3-7-15-11(5-1)13-14(18-10-9-17-13)12-6-2-4-8-16-12;1-3-2/h1-10H;3H2,1-2H3. The van der Waals surface area contributed by atoms with Gasteiger partial charge in [-0.15, -0.1) is 0 Å². The van der Waals surface area contributed by atoms with E-state index in [-0.39, 0.29) is 0 Å². The molecule has 0 amide bonds. The molecule has 3 aromatic rings. The third-order valence-electron chi connectivity index (χ3n) is 2.51. The molecule has 0 N–H and O–H groups in total. The van der Waals surface area contributed by atoms with Crippen LogP contribution in [-0.4, -0.2) is 19.9 Å². The lowest BCUT2D eigenvalue weighted by atomic mass is 10.1. The number of nitrogens with zero attached hydrogens (tertiary/aromatic N) is 4. The Morgan fingerprint density at radius 2 is 1.05 bits per heavy atom. The molecule has 0 spiro atoms. The highest BCUT2D eigenvalue weighted by Crippen LogP contribution is 2.24. The third kappa shape index (κ3) is 3.92. The Morgan fingerprint density at radius 1 is 0.619 bits per heavy atom. The van der Waals surface area contributed by atoms with Crippen LogP contribution >= 0.6 is 0 Å². The van der Waals surface area contributed by atoms with Gasteiger partial charge < -0.3 is 0 Å². The van der Waals surface area contributed by atoms with Crippen LogP contribution < -0.4 is 0 Å². The van der Waals surface area contributed by atoms with E-state index in [0.29, 0.717) is 0 Å². The molecule has 3 heterocycles. The Kier molecular flexibility index (Phi) is 5.52. The number of aromatic nitrogens is 4. The first kappa shape index (κ1) is 14.8. The molecule has 3 aromatic heterocycles. The van der Waals surface area contributed by atoms with Crippen LogP contribution in [0, 0.1) is 0 Å². The third-order valence-corrected chi connectivity index (χ3v) is 2.51. The fourth-order valence-electron chi connectivity index (χ4n) is 1.72. The van der Waals surface area contributed by atoms with Crippen molar-refractivity contribution in [3.05, 3.63) is 61.2 Å². The van der Waals surface area contributed by atoms with Crippen molar-refractivity contribution < 1.29 is 0 Å². The van der Waals surface area contributed by atoms with Crippen molar-refractivity contribution in [2.24, 2.45) is 0 Å². The van der Waals surface area contributed by atoms with E-state index in [9.17, 15) is 0 Å². The van der Waals surface area contributed by atoms with Crippen molar-refractivity contribution >= 4 is 0 Å². The topological polar surface area (TPSA) is 51.6 Å². The predicted molar refractivity (Wildman–Crippen MR) is 84.5 cm³/mol. The summed E-state index contributed by atoms with van der Waals surface area (Å²) in [6, 6.07) is 11.4. The maximum atomic E-state index is 4.36. The van der Waals surface area contributed by atoms with E-state index in [0.717, 1.165) is 22.8 Å². The summed E-state index contributed by atoms with van der Waals surface area (Å²) in [5.74, 6) is 0. The molecule has 0 bridgehead atoms. The number of hydrogen-bond acceptors (Lipinski definition) is 4. The Balaban J connectivity index is 0.000000497. The van der Waals surface area contributed by atoms with E-state index in [1.165, 1.54) is 6.42 Å². The molecule has 0 aliphatic heterocycles. The fraction of sp³-hybridized carbons (Fsp3) is 0.176.